The molecule has 1 aromatic rings. The molecule has 1 heterocycles. The van der Waals surface area contributed by atoms with Crippen molar-refractivity contribution in [2.45, 2.75) is 11.4 Å². The Morgan fingerprint density at radius 1 is 1.35 bits per heavy atom. The average Bonchev–Trinajstić information content (AvgIpc) is 2.33. The van der Waals surface area contributed by atoms with Gasteiger partial charge in [-0.1, -0.05) is 12.1 Å². The van der Waals surface area contributed by atoms with Crippen LogP contribution < -0.4 is 5.32 Å². The minimum atomic E-state index is -0.0424. The molecule has 0 spiro atoms. The largest absolute Gasteiger partial charge is 0.396 e. The number of thioether (sulfide) groups is 1. The first-order valence-corrected chi connectivity index (χ1v) is 7.03. The van der Waals surface area contributed by atoms with Gasteiger partial charge in [-0.15, -0.1) is 11.8 Å². The number of nitrogens with one attached hydrogen (secondary N) is 1. The van der Waals surface area contributed by atoms with Crippen LogP contribution in [0, 0.1) is 5.41 Å². The first-order valence-electron chi connectivity index (χ1n) is 5.80. The topological polar surface area (TPSA) is 41.5 Å². The fraction of sp³-hybridized carbons (Fsp3) is 0.538. The maximum absolute atomic E-state index is 9.28. The van der Waals surface area contributed by atoms with E-state index in [-0.39, 0.29) is 12.0 Å². The zero-order chi connectivity index (χ0) is 12.1. The second-order valence-electron chi connectivity index (χ2n) is 4.60. The highest BCUT2D eigenvalue weighted by atomic mass is 32.2. The summed E-state index contributed by atoms with van der Waals surface area (Å²) in [6, 6.07) is 8.55. The summed E-state index contributed by atoms with van der Waals surface area (Å²) in [5.41, 5.74) is 1.23. The Labute approximate surface area is 107 Å². The van der Waals surface area contributed by atoms with Crippen LogP contribution in [-0.4, -0.2) is 37.7 Å². The van der Waals surface area contributed by atoms with Crippen molar-refractivity contribution < 1.29 is 9.84 Å². The quantitative estimate of drug-likeness (QED) is 0.754. The summed E-state index contributed by atoms with van der Waals surface area (Å²) in [6.45, 7) is 3.19. The molecule has 1 aliphatic rings. The van der Waals surface area contributed by atoms with Crippen LogP contribution in [0.2, 0.25) is 0 Å². The van der Waals surface area contributed by atoms with Crippen LogP contribution in [0.5, 0.6) is 0 Å². The van der Waals surface area contributed by atoms with Crippen molar-refractivity contribution in [2.24, 2.45) is 5.41 Å². The van der Waals surface area contributed by atoms with Gasteiger partial charge in [-0.05, 0) is 24.0 Å². The van der Waals surface area contributed by atoms with Gasteiger partial charge in [0.15, 0.2) is 0 Å². The number of aliphatic hydroxyl groups is 1. The van der Waals surface area contributed by atoms with Crippen molar-refractivity contribution in [3.05, 3.63) is 29.8 Å². The van der Waals surface area contributed by atoms with Crippen LogP contribution in [-0.2, 0) is 11.3 Å². The Bertz CT molecular complexity index is 343. The predicted octanol–water partition coefficient (Wildman–Crippen LogP) is 1.51. The van der Waals surface area contributed by atoms with E-state index in [1.807, 2.05) is 0 Å². The molecule has 94 valence electrons. The summed E-state index contributed by atoms with van der Waals surface area (Å²) in [5, 5.41) is 12.7. The third-order valence-electron chi connectivity index (χ3n) is 3.14. The Balaban J connectivity index is 1.77. The molecule has 2 N–H and O–H groups in total. The van der Waals surface area contributed by atoms with Gasteiger partial charge in [0, 0.05) is 18.0 Å². The molecule has 2 rings (SSSR count). The van der Waals surface area contributed by atoms with Crippen LogP contribution >= 0.6 is 11.8 Å². The number of benzene rings is 1. The van der Waals surface area contributed by atoms with E-state index in [1.54, 1.807) is 11.8 Å². The Morgan fingerprint density at radius 2 is 2.06 bits per heavy atom. The van der Waals surface area contributed by atoms with Crippen molar-refractivity contribution in [3.63, 3.8) is 0 Å². The van der Waals surface area contributed by atoms with Crippen molar-refractivity contribution in [3.8, 4) is 0 Å². The van der Waals surface area contributed by atoms with Gasteiger partial charge in [0.1, 0.15) is 0 Å². The van der Waals surface area contributed by atoms with Gasteiger partial charge in [0.05, 0.1) is 25.2 Å². The molecule has 1 aromatic carbocycles. The normalized spacial score (nSPS) is 17.8. The monoisotopic (exact) mass is 253 g/mol. The van der Waals surface area contributed by atoms with Crippen LogP contribution in [0.15, 0.2) is 29.2 Å². The van der Waals surface area contributed by atoms with E-state index < -0.39 is 0 Å². The van der Waals surface area contributed by atoms with Crippen LogP contribution in [0.25, 0.3) is 0 Å². The van der Waals surface area contributed by atoms with Gasteiger partial charge in [-0.3, -0.25) is 0 Å². The zero-order valence-corrected chi connectivity index (χ0v) is 10.9. The van der Waals surface area contributed by atoms with Crippen LogP contribution in [0.3, 0.4) is 0 Å². The lowest BCUT2D eigenvalue weighted by Gasteiger charge is -2.40. The number of hydrogen-bond acceptors (Lipinski definition) is 4. The lowest BCUT2D eigenvalue weighted by molar-refractivity contribution is -0.134. The van der Waals surface area contributed by atoms with E-state index in [0.717, 1.165) is 13.1 Å². The second kappa shape index (κ2) is 5.87. The van der Waals surface area contributed by atoms with E-state index in [4.69, 9.17) is 4.74 Å². The summed E-state index contributed by atoms with van der Waals surface area (Å²) in [4.78, 5) is 1.29. The fourth-order valence-electron chi connectivity index (χ4n) is 1.86. The maximum atomic E-state index is 9.28. The number of aliphatic hydroxyl groups excluding tert-OH is 1. The first-order chi connectivity index (χ1) is 8.28. The summed E-state index contributed by atoms with van der Waals surface area (Å²) in [7, 11) is 0. The number of hydrogen-bond donors (Lipinski definition) is 2. The molecule has 1 aliphatic heterocycles. The molecule has 1 fully saturated rings. The highest BCUT2D eigenvalue weighted by molar-refractivity contribution is 7.98. The van der Waals surface area contributed by atoms with E-state index in [9.17, 15) is 5.11 Å². The van der Waals surface area contributed by atoms with E-state index in [1.165, 1.54) is 10.5 Å². The number of rotatable bonds is 6. The molecule has 4 heteroatoms. The molecule has 0 radical (unpaired) electrons. The molecule has 0 aromatic heterocycles. The summed E-state index contributed by atoms with van der Waals surface area (Å²) in [5.74, 6) is 0. The Hall–Kier alpha value is -0.550. The van der Waals surface area contributed by atoms with Crippen LogP contribution in [0.4, 0.5) is 0 Å². The van der Waals surface area contributed by atoms with Crippen molar-refractivity contribution in [2.75, 3.05) is 32.6 Å². The molecule has 1 saturated heterocycles. The van der Waals surface area contributed by atoms with Crippen molar-refractivity contribution in [1.82, 2.24) is 5.32 Å². The molecule has 17 heavy (non-hydrogen) atoms. The molecule has 3 nitrogen and oxygen atoms in total. The lowest BCUT2D eigenvalue weighted by Crippen LogP contribution is -2.52. The second-order valence-corrected chi connectivity index (χ2v) is 5.48. The van der Waals surface area contributed by atoms with Gasteiger partial charge in [-0.25, -0.2) is 0 Å². The zero-order valence-electron chi connectivity index (χ0n) is 10.1. The molecule has 0 unspecified atom stereocenters. The number of ether oxygens (including phenoxy) is 1. The molecular formula is C13H19NO2S. The lowest BCUT2D eigenvalue weighted by atomic mass is 9.87. The highest BCUT2D eigenvalue weighted by Crippen LogP contribution is 2.25. The third kappa shape index (κ3) is 3.22. The minimum absolute atomic E-state index is 0.0424. The predicted molar refractivity (Wildman–Crippen MR) is 70.3 cm³/mol. The van der Waals surface area contributed by atoms with E-state index in [0.29, 0.717) is 13.2 Å². The summed E-state index contributed by atoms with van der Waals surface area (Å²) >= 11 is 1.75. The summed E-state index contributed by atoms with van der Waals surface area (Å²) < 4.78 is 5.16. The van der Waals surface area contributed by atoms with Gasteiger partial charge in [-0.2, -0.15) is 0 Å². The van der Waals surface area contributed by atoms with Crippen LogP contribution in [0.1, 0.15) is 5.56 Å². The van der Waals surface area contributed by atoms with Gasteiger partial charge in [0.25, 0.3) is 0 Å². The first kappa shape index (κ1) is 12.9. The molecule has 0 bridgehead atoms. The van der Waals surface area contributed by atoms with Gasteiger partial charge in [0.2, 0.25) is 0 Å². The molecule has 0 saturated carbocycles. The Morgan fingerprint density at radius 3 is 2.53 bits per heavy atom. The SMILES string of the molecule is CSc1ccc(CNCC2(CO)COC2)cc1. The van der Waals surface area contributed by atoms with E-state index >= 15 is 0 Å². The van der Waals surface area contributed by atoms with Gasteiger partial charge >= 0.3 is 0 Å². The standard InChI is InChI=1S/C13H19NO2S/c1-17-12-4-2-11(3-5-12)6-14-7-13(8-15)9-16-10-13/h2-5,14-15H,6-10H2,1H3. The van der Waals surface area contributed by atoms with Crippen molar-refractivity contribution >= 4 is 11.8 Å². The Kier molecular flexibility index (Phi) is 4.45. The third-order valence-corrected chi connectivity index (χ3v) is 3.88. The smallest absolute Gasteiger partial charge is 0.0579 e. The summed E-state index contributed by atoms with van der Waals surface area (Å²) in [6.07, 6.45) is 2.08. The molecule has 0 aliphatic carbocycles. The maximum Gasteiger partial charge on any atom is 0.0579 e. The average molecular weight is 253 g/mol. The molecular weight excluding hydrogens is 234 g/mol. The highest BCUT2D eigenvalue weighted by Gasteiger charge is 2.37. The van der Waals surface area contributed by atoms with Gasteiger partial charge < -0.3 is 15.2 Å². The van der Waals surface area contributed by atoms with Crippen molar-refractivity contribution in [1.29, 1.82) is 0 Å². The molecule has 0 amide bonds. The fourth-order valence-corrected chi connectivity index (χ4v) is 2.26. The molecule has 0 atom stereocenters. The van der Waals surface area contributed by atoms with E-state index in [2.05, 4.69) is 35.8 Å². The minimum Gasteiger partial charge on any atom is -0.396 e.